The molecule has 1 nitrogen and oxygen atoms in total. The van der Waals surface area contributed by atoms with Gasteiger partial charge in [-0.2, -0.15) is 0 Å². The molecule has 0 bridgehead atoms. The first-order valence-electron chi connectivity index (χ1n) is 3.89. The Hall–Kier alpha value is -0.300. The lowest BCUT2D eigenvalue weighted by atomic mass is 9.80. The first kappa shape index (κ1) is 7.80. The van der Waals surface area contributed by atoms with E-state index < -0.39 is 0 Å². The molecule has 10 heavy (non-hydrogen) atoms. The number of rotatable bonds is 0. The SMILES string of the molecule is C=C1CCN(C)CC1(C)C. The number of likely N-dealkylation sites (tertiary alicyclic amines) is 1. The van der Waals surface area contributed by atoms with Crippen molar-refractivity contribution < 1.29 is 0 Å². The van der Waals surface area contributed by atoms with Gasteiger partial charge in [0, 0.05) is 13.1 Å². The molecular formula is C9H17N. The zero-order valence-corrected chi connectivity index (χ0v) is 7.28. The summed E-state index contributed by atoms with van der Waals surface area (Å²) in [6.07, 6.45) is 1.17. The van der Waals surface area contributed by atoms with E-state index in [-0.39, 0.29) is 0 Å². The number of piperidine rings is 1. The molecule has 0 spiro atoms. The first-order valence-corrected chi connectivity index (χ1v) is 3.89. The minimum Gasteiger partial charge on any atom is -0.305 e. The molecule has 0 aliphatic carbocycles. The summed E-state index contributed by atoms with van der Waals surface area (Å²) in [7, 11) is 2.17. The molecule has 0 amide bonds. The summed E-state index contributed by atoms with van der Waals surface area (Å²) >= 11 is 0. The minimum absolute atomic E-state index is 0.340. The van der Waals surface area contributed by atoms with Gasteiger partial charge < -0.3 is 4.90 Å². The second-order valence-corrected chi connectivity index (χ2v) is 3.98. The van der Waals surface area contributed by atoms with Gasteiger partial charge in [0.25, 0.3) is 0 Å². The van der Waals surface area contributed by atoms with Crippen molar-refractivity contribution in [3.05, 3.63) is 12.2 Å². The average Bonchev–Trinajstić information content (AvgIpc) is 1.78. The molecule has 0 aromatic heterocycles. The van der Waals surface area contributed by atoms with E-state index >= 15 is 0 Å². The Bertz CT molecular complexity index is 147. The van der Waals surface area contributed by atoms with E-state index in [2.05, 4.69) is 32.4 Å². The highest BCUT2D eigenvalue weighted by atomic mass is 15.1. The molecule has 0 N–H and O–H groups in total. The van der Waals surface area contributed by atoms with Crippen molar-refractivity contribution in [3.8, 4) is 0 Å². The van der Waals surface area contributed by atoms with Gasteiger partial charge in [-0.1, -0.05) is 26.0 Å². The van der Waals surface area contributed by atoms with Crippen LogP contribution in [0.2, 0.25) is 0 Å². The van der Waals surface area contributed by atoms with Crippen LogP contribution in [0.25, 0.3) is 0 Å². The lowest BCUT2D eigenvalue weighted by Crippen LogP contribution is -2.38. The van der Waals surface area contributed by atoms with E-state index in [9.17, 15) is 0 Å². The topological polar surface area (TPSA) is 3.24 Å². The van der Waals surface area contributed by atoms with Crippen LogP contribution in [0.5, 0.6) is 0 Å². The van der Waals surface area contributed by atoms with E-state index in [1.807, 2.05) is 0 Å². The fourth-order valence-electron chi connectivity index (χ4n) is 1.53. The van der Waals surface area contributed by atoms with Crippen molar-refractivity contribution in [2.45, 2.75) is 20.3 Å². The van der Waals surface area contributed by atoms with Gasteiger partial charge in [0.15, 0.2) is 0 Å². The highest BCUT2D eigenvalue weighted by molar-refractivity contribution is 5.11. The second-order valence-electron chi connectivity index (χ2n) is 3.98. The van der Waals surface area contributed by atoms with E-state index in [1.54, 1.807) is 0 Å². The monoisotopic (exact) mass is 139 g/mol. The highest BCUT2D eigenvalue weighted by Gasteiger charge is 2.27. The maximum atomic E-state index is 4.07. The van der Waals surface area contributed by atoms with Crippen LogP contribution in [0, 0.1) is 5.41 Å². The summed E-state index contributed by atoms with van der Waals surface area (Å²) in [5.41, 5.74) is 1.75. The molecule has 58 valence electrons. The Morgan fingerprint density at radius 2 is 2.10 bits per heavy atom. The van der Waals surface area contributed by atoms with Gasteiger partial charge in [-0.25, -0.2) is 0 Å². The average molecular weight is 139 g/mol. The van der Waals surface area contributed by atoms with Crippen LogP contribution < -0.4 is 0 Å². The van der Waals surface area contributed by atoms with Crippen LogP contribution in [-0.4, -0.2) is 25.0 Å². The van der Waals surface area contributed by atoms with Crippen molar-refractivity contribution in [2.75, 3.05) is 20.1 Å². The van der Waals surface area contributed by atoms with E-state index in [1.165, 1.54) is 18.5 Å². The molecule has 1 rings (SSSR count). The van der Waals surface area contributed by atoms with E-state index in [0.29, 0.717) is 5.41 Å². The molecule has 0 unspecified atom stereocenters. The lowest BCUT2D eigenvalue weighted by Gasteiger charge is -2.37. The smallest absolute Gasteiger partial charge is 0.00670 e. The molecule has 0 aromatic rings. The van der Waals surface area contributed by atoms with E-state index in [0.717, 1.165) is 6.54 Å². The van der Waals surface area contributed by atoms with Crippen molar-refractivity contribution in [1.82, 2.24) is 4.90 Å². The Kier molecular flexibility index (Phi) is 1.86. The quantitative estimate of drug-likeness (QED) is 0.463. The summed E-state index contributed by atoms with van der Waals surface area (Å²) in [4.78, 5) is 2.37. The summed E-state index contributed by atoms with van der Waals surface area (Å²) in [5.74, 6) is 0. The normalized spacial score (nSPS) is 26.9. The van der Waals surface area contributed by atoms with Gasteiger partial charge in [-0.05, 0) is 18.9 Å². The predicted molar refractivity (Wildman–Crippen MR) is 45.0 cm³/mol. The molecule has 1 heteroatoms. The summed E-state index contributed by atoms with van der Waals surface area (Å²) < 4.78 is 0. The second kappa shape index (κ2) is 2.39. The molecule has 1 aliphatic rings. The zero-order valence-electron chi connectivity index (χ0n) is 7.28. The Balaban J connectivity index is 2.63. The molecule has 0 saturated carbocycles. The summed E-state index contributed by atoms with van der Waals surface area (Å²) in [5, 5.41) is 0. The molecule has 1 heterocycles. The molecule has 0 radical (unpaired) electrons. The van der Waals surface area contributed by atoms with Gasteiger partial charge in [0.2, 0.25) is 0 Å². The van der Waals surface area contributed by atoms with Gasteiger partial charge >= 0.3 is 0 Å². The van der Waals surface area contributed by atoms with Crippen molar-refractivity contribution >= 4 is 0 Å². The Labute approximate surface area is 63.7 Å². The number of hydrogen-bond acceptors (Lipinski definition) is 1. The predicted octanol–water partition coefficient (Wildman–Crippen LogP) is 1.90. The van der Waals surface area contributed by atoms with Crippen molar-refractivity contribution in [2.24, 2.45) is 5.41 Å². The fourth-order valence-corrected chi connectivity index (χ4v) is 1.53. The fraction of sp³-hybridized carbons (Fsp3) is 0.778. The Morgan fingerprint density at radius 3 is 2.50 bits per heavy atom. The van der Waals surface area contributed by atoms with E-state index in [4.69, 9.17) is 0 Å². The van der Waals surface area contributed by atoms with Gasteiger partial charge in [-0.15, -0.1) is 0 Å². The molecule has 1 fully saturated rings. The molecular weight excluding hydrogens is 122 g/mol. The summed E-state index contributed by atoms with van der Waals surface area (Å²) in [6.45, 7) is 11.0. The third-order valence-corrected chi connectivity index (χ3v) is 2.42. The van der Waals surface area contributed by atoms with Crippen LogP contribution in [0.1, 0.15) is 20.3 Å². The third kappa shape index (κ3) is 1.40. The Morgan fingerprint density at radius 1 is 1.50 bits per heavy atom. The van der Waals surface area contributed by atoms with Gasteiger partial charge in [0.05, 0.1) is 0 Å². The maximum Gasteiger partial charge on any atom is 0.00670 e. The maximum absolute atomic E-state index is 4.07. The van der Waals surface area contributed by atoms with Gasteiger partial charge in [-0.3, -0.25) is 0 Å². The van der Waals surface area contributed by atoms with Crippen LogP contribution in [0.15, 0.2) is 12.2 Å². The van der Waals surface area contributed by atoms with Crippen molar-refractivity contribution in [3.63, 3.8) is 0 Å². The third-order valence-electron chi connectivity index (χ3n) is 2.42. The number of hydrogen-bond donors (Lipinski definition) is 0. The first-order chi connectivity index (χ1) is 4.52. The van der Waals surface area contributed by atoms with Crippen LogP contribution in [0.4, 0.5) is 0 Å². The van der Waals surface area contributed by atoms with Crippen LogP contribution in [-0.2, 0) is 0 Å². The standard InChI is InChI=1S/C9H17N/c1-8-5-6-10(4)7-9(8,2)3/h1,5-7H2,2-4H3. The highest BCUT2D eigenvalue weighted by Crippen LogP contribution is 2.31. The molecule has 1 saturated heterocycles. The largest absolute Gasteiger partial charge is 0.305 e. The summed E-state index contributed by atoms with van der Waals surface area (Å²) in [6, 6.07) is 0. The van der Waals surface area contributed by atoms with Gasteiger partial charge in [0.1, 0.15) is 0 Å². The molecule has 0 aromatic carbocycles. The van der Waals surface area contributed by atoms with Crippen molar-refractivity contribution in [1.29, 1.82) is 0 Å². The van der Waals surface area contributed by atoms with Crippen LogP contribution >= 0.6 is 0 Å². The molecule has 0 atom stereocenters. The zero-order chi connectivity index (χ0) is 7.78. The molecule has 1 aliphatic heterocycles. The van der Waals surface area contributed by atoms with Crippen LogP contribution in [0.3, 0.4) is 0 Å². The lowest BCUT2D eigenvalue weighted by molar-refractivity contribution is 0.200. The minimum atomic E-state index is 0.340. The number of nitrogens with zero attached hydrogens (tertiary/aromatic N) is 1.